The van der Waals surface area contributed by atoms with Crippen LogP contribution in [-0.4, -0.2) is 35.4 Å². The number of benzene rings is 2. The molecule has 0 radical (unpaired) electrons. The number of nitro groups is 1. The van der Waals surface area contributed by atoms with Crippen molar-refractivity contribution in [1.82, 2.24) is 4.90 Å². The molecule has 1 aliphatic rings. The molecule has 24 heavy (non-hydrogen) atoms. The van der Waals surface area contributed by atoms with Gasteiger partial charge in [-0.05, 0) is 29.8 Å². The number of hydrogen-bond acceptors (Lipinski definition) is 4. The first-order valence-corrected chi connectivity index (χ1v) is 7.54. The summed E-state index contributed by atoms with van der Waals surface area (Å²) in [6, 6.07) is 12.4. The Balaban J connectivity index is 1.64. The number of amides is 1. The minimum absolute atomic E-state index is 0.0230. The van der Waals surface area contributed by atoms with Crippen molar-refractivity contribution >= 4 is 17.3 Å². The summed E-state index contributed by atoms with van der Waals surface area (Å²) in [7, 11) is 0. The molecule has 6 nitrogen and oxygen atoms in total. The van der Waals surface area contributed by atoms with E-state index in [9.17, 15) is 19.3 Å². The fourth-order valence-electron chi connectivity index (χ4n) is 2.74. The number of rotatable bonds is 4. The Morgan fingerprint density at radius 3 is 2.50 bits per heavy atom. The summed E-state index contributed by atoms with van der Waals surface area (Å²) in [5.41, 5.74) is 1.56. The van der Waals surface area contributed by atoms with Crippen molar-refractivity contribution in [1.29, 1.82) is 0 Å². The van der Waals surface area contributed by atoms with Gasteiger partial charge in [0.05, 0.1) is 11.5 Å². The summed E-state index contributed by atoms with van der Waals surface area (Å²) in [5.74, 6) is -0.367. The van der Waals surface area contributed by atoms with E-state index in [0.29, 0.717) is 19.6 Å². The number of carbonyl (C=O) groups is 1. The number of hydrogen-bond donors (Lipinski definition) is 0. The van der Waals surface area contributed by atoms with Crippen LogP contribution in [0.15, 0.2) is 48.5 Å². The molecule has 0 atom stereocenters. The van der Waals surface area contributed by atoms with Gasteiger partial charge in [0.15, 0.2) is 0 Å². The third-order valence-electron chi connectivity index (χ3n) is 4.01. The quantitative estimate of drug-likeness (QED) is 0.639. The molecular weight excluding hydrogens is 313 g/mol. The Labute approximate surface area is 138 Å². The van der Waals surface area contributed by atoms with Crippen LogP contribution in [0.1, 0.15) is 5.56 Å². The van der Waals surface area contributed by atoms with Gasteiger partial charge in [0.1, 0.15) is 5.82 Å². The predicted molar refractivity (Wildman–Crippen MR) is 87.1 cm³/mol. The Morgan fingerprint density at radius 1 is 1.12 bits per heavy atom. The molecule has 7 heteroatoms. The van der Waals surface area contributed by atoms with Crippen LogP contribution in [-0.2, 0) is 11.3 Å². The van der Waals surface area contributed by atoms with Crippen molar-refractivity contribution in [2.24, 2.45) is 0 Å². The van der Waals surface area contributed by atoms with Crippen molar-refractivity contribution in [3.63, 3.8) is 0 Å². The van der Waals surface area contributed by atoms with Gasteiger partial charge in [-0.1, -0.05) is 12.1 Å². The lowest BCUT2D eigenvalue weighted by atomic mass is 10.1. The fraction of sp³-hybridized carbons (Fsp3) is 0.235. The van der Waals surface area contributed by atoms with E-state index in [1.165, 1.54) is 24.3 Å². The van der Waals surface area contributed by atoms with E-state index in [1.807, 2.05) is 4.90 Å². The van der Waals surface area contributed by atoms with Crippen molar-refractivity contribution in [2.45, 2.75) is 6.54 Å². The molecule has 124 valence electrons. The van der Waals surface area contributed by atoms with E-state index in [4.69, 9.17) is 0 Å². The maximum Gasteiger partial charge on any atom is 0.269 e. The zero-order valence-corrected chi connectivity index (χ0v) is 12.9. The van der Waals surface area contributed by atoms with Gasteiger partial charge in [0.2, 0.25) is 5.91 Å². The highest BCUT2D eigenvalue weighted by atomic mass is 19.1. The van der Waals surface area contributed by atoms with E-state index in [0.717, 1.165) is 11.3 Å². The minimum Gasteiger partial charge on any atom is -0.360 e. The Bertz CT molecular complexity index is 764. The average molecular weight is 329 g/mol. The first kappa shape index (κ1) is 15.9. The Hall–Kier alpha value is -2.96. The molecule has 2 aromatic rings. The summed E-state index contributed by atoms with van der Waals surface area (Å²) in [6.07, 6.45) is 0. The summed E-state index contributed by atoms with van der Waals surface area (Å²) in [4.78, 5) is 26.1. The van der Waals surface area contributed by atoms with Crippen LogP contribution in [0.2, 0.25) is 0 Å². The number of carbonyl (C=O) groups excluding carboxylic acids is 1. The molecule has 0 aromatic heterocycles. The van der Waals surface area contributed by atoms with E-state index in [1.54, 1.807) is 29.2 Å². The third kappa shape index (κ3) is 3.51. The maximum atomic E-state index is 13.2. The molecule has 2 aromatic carbocycles. The summed E-state index contributed by atoms with van der Waals surface area (Å²) in [5, 5.41) is 10.7. The van der Waals surface area contributed by atoms with Crippen molar-refractivity contribution < 1.29 is 14.1 Å². The van der Waals surface area contributed by atoms with Crippen LogP contribution >= 0.6 is 0 Å². The summed E-state index contributed by atoms with van der Waals surface area (Å²) in [6.45, 7) is 1.73. The van der Waals surface area contributed by atoms with Crippen LogP contribution < -0.4 is 4.90 Å². The van der Waals surface area contributed by atoms with E-state index < -0.39 is 4.92 Å². The van der Waals surface area contributed by atoms with E-state index in [2.05, 4.69) is 0 Å². The van der Waals surface area contributed by atoms with Crippen molar-refractivity contribution in [3.05, 3.63) is 70.0 Å². The molecule has 1 amide bonds. The zero-order valence-electron chi connectivity index (χ0n) is 12.9. The molecule has 0 N–H and O–H groups in total. The second kappa shape index (κ2) is 6.66. The molecule has 1 fully saturated rings. The minimum atomic E-state index is -0.453. The lowest BCUT2D eigenvalue weighted by Crippen LogP contribution is -2.50. The molecule has 3 rings (SSSR count). The van der Waals surface area contributed by atoms with Crippen LogP contribution in [0.3, 0.4) is 0 Å². The van der Waals surface area contributed by atoms with Crippen LogP contribution in [0, 0.1) is 15.9 Å². The van der Waals surface area contributed by atoms with Gasteiger partial charge in [0, 0.05) is 37.5 Å². The smallest absolute Gasteiger partial charge is 0.269 e. The first-order valence-electron chi connectivity index (χ1n) is 7.54. The van der Waals surface area contributed by atoms with Crippen LogP contribution in [0.25, 0.3) is 0 Å². The number of nitrogens with zero attached hydrogens (tertiary/aromatic N) is 3. The second-order valence-corrected chi connectivity index (χ2v) is 5.64. The highest BCUT2D eigenvalue weighted by molar-refractivity contribution is 5.82. The molecule has 0 bridgehead atoms. The fourth-order valence-corrected chi connectivity index (χ4v) is 2.74. The van der Waals surface area contributed by atoms with Crippen molar-refractivity contribution in [2.75, 3.05) is 24.5 Å². The van der Waals surface area contributed by atoms with Gasteiger partial charge in [-0.2, -0.15) is 0 Å². The maximum absolute atomic E-state index is 13.2. The van der Waals surface area contributed by atoms with Gasteiger partial charge in [0.25, 0.3) is 5.69 Å². The number of non-ortho nitro benzene ring substituents is 1. The molecule has 0 unspecified atom stereocenters. The van der Waals surface area contributed by atoms with Gasteiger partial charge in [-0.25, -0.2) is 4.39 Å². The van der Waals surface area contributed by atoms with E-state index in [-0.39, 0.29) is 24.0 Å². The predicted octanol–water partition coefficient (Wildman–Crippen LogP) is 2.58. The third-order valence-corrected chi connectivity index (χ3v) is 4.01. The molecule has 1 heterocycles. The van der Waals surface area contributed by atoms with Crippen LogP contribution in [0.5, 0.6) is 0 Å². The first-order chi connectivity index (χ1) is 11.5. The highest BCUT2D eigenvalue weighted by Gasteiger charge is 2.24. The zero-order chi connectivity index (χ0) is 17.1. The Kier molecular flexibility index (Phi) is 4.41. The number of anilines is 1. The molecule has 0 aliphatic carbocycles. The Morgan fingerprint density at radius 2 is 1.88 bits per heavy atom. The topological polar surface area (TPSA) is 66.7 Å². The lowest BCUT2D eigenvalue weighted by Gasteiger charge is -2.35. The molecule has 1 aliphatic heterocycles. The summed E-state index contributed by atoms with van der Waals surface area (Å²) >= 11 is 0. The lowest BCUT2D eigenvalue weighted by molar-refractivity contribution is -0.384. The highest BCUT2D eigenvalue weighted by Crippen LogP contribution is 2.21. The van der Waals surface area contributed by atoms with Crippen molar-refractivity contribution in [3.8, 4) is 0 Å². The molecule has 0 spiro atoms. The SMILES string of the molecule is O=C1CN(c2ccc([N+](=O)[O-])cc2)CCN1Cc1cccc(F)c1. The van der Waals surface area contributed by atoms with Crippen LogP contribution in [0.4, 0.5) is 15.8 Å². The van der Waals surface area contributed by atoms with Gasteiger partial charge < -0.3 is 9.80 Å². The average Bonchev–Trinajstić information content (AvgIpc) is 2.57. The van der Waals surface area contributed by atoms with Gasteiger partial charge >= 0.3 is 0 Å². The molecule has 1 saturated heterocycles. The standard InChI is InChI=1S/C17H16FN3O3/c18-14-3-1-2-13(10-14)11-20-9-8-19(12-17(20)22)15-4-6-16(7-5-15)21(23)24/h1-7,10H,8-9,11-12H2. The number of halogens is 1. The monoisotopic (exact) mass is 329 g/mol. The second-order valence-electron chi connectivity index (χ2n) is 5.64. The van der Waals surface area contributed by atoms with E-state index >= 15 is 0 Å². The normalized spacial score (nSPS) is 14.8. The summed E-state index contributed by atoms with van der Waals surface area (Å²) < 4.78 is 13.2. The van der Waals surface area contributed by atoms with Gasteiger partial charge in [-0.15, -0.1) is 0 Å². The molecular formula is C17H16FN3O3. The van der Waals surface area contributed by atoms with Gasteiger partial charge in [-0.3, -0.25) is 14.9 Å². The number of nitro benzene ring substituents is 1. The number of piperazine rings is 1. The largest absolute Gasteiger partial charge is 0.360 e. The molecule has 0 saturated carbocycles.